The summed E-state index contributed by atoms with van der Waals surface area (Å²) in [4.78, 5) is 38.7. The molecule has 1 N–H and O–H groups in total. The minimum atomic E-state index is -0.527. The second kappa shape index (κ2) is 10.7. The fourth-order valence-electron chi connectivity index (χ4n) is 2.97. The molecule has 168 valence electrons. The van der Waals surface area contributed by atoms with Crippen molar-refractivity contribution in [3.8, 4) is 17.2 Å². The maximum Gasteiger partial charge on any atom is 0.294 e. The van der Waals surface area contributed by atoms with Crippen LogP contribution in [-0.4, -0.2) is 48.8 Å². The number of ether oxygens (including phenoxy) is 3. The molecule has 8 nitrogen and oxygen atoms in total. The highest BCUT2D eigenvalue weighted by molar-refractivity contribution is 8.18. The fourth-order valence-corrected chi connectivity index (χ4v) is 3.80. The van der Waals surface area contributed by atoms with Crippen molar-refractivity contribution in [2.24, 2.45) is 0 Å². The topological polar surface area (TPSA) is 94.2 Å². The summed E-state index contributed by atoms with van der Waals surface area (Å²) in [5.41, 5.74) is 1.18. The third kappa shape index (κ3) is 5.61. The molecular formula is C23H24N2O6S. The quantitative estimate of drug-likeness (QED) is 0.566. The van der Waals surface area contributed by atoms with Gasteiger partial charge < -0.3 is 19.5 Å². The van der Waals surface area contributed by atoms with E-state index in [-0.39, 0.29) is 11.4 Å². The highest BCUT2D eigenvalue weighted by Crippen LogP contribution is 2.35. The van der Waals surface area contributed by atoms with Crippen LogP contribution < -0.4 is 19.5 Å². The first-order valence-corrected chi connectivity index (χ1v) is 10.9. The van der Waals surface area contributed by atoms with Crippen molar-refractivity contribution >= 4 is 40.6 Å². The number of amides is 3. The highest BCUT2D eigenvalue weighted by Gasteiger charge is 2.36. The van der Waals surface area contributed by atoms with Gasteiger partial charge in [-0.1, -0.05) is 0 Å². The van der Waals surface area contributed by atoms with Gasteiger partial charge in [-0.25, -0.2) is 0 Å². The molecule has 2 aromatic rings. The molecule has 0 atom stereocenters. The molecule has 0 saturated carbocycles. The smallest absolute Gasteiger partial charge is 0.294 e. The Bertz CT molecular complexity index is 1040. The van der Waals surface area contributed by atoms with Crippen LogP contribution in [0.15, 0.2) is 47.4 Å². The van der Waals surface area contributed by atoms with Crippen molar-refractivity contribution in [2.75, 3.05) is 32.2 Å². The number of benzene rings is 2. The molecular weight excluding hydrogens is 432 g/mol. The molecule has 2 aromatic carbocycles. The second-order valence-electron chi connectivity index (χ2n) is 6.61. The van der Waals surface area contributed by atoms with Gasteiger partial charge in [-0.2, -0.15) is 0 Å². The zero-order valence-corrected chi connectivity index (χ0v) is 18.9. The summed E-state index contributed by atoms with van der Waals surface area (Å²) < 4.78 is 16.2. The summed E-state index contributed by atoms with van der Waals surface area (Å²) in [6, 6.07) is 12.0. The van der Waals surface area contributed by atoms with Gasteiger partial charge in [-0.15, -0.1) is 0 Å². The lowest BCUT2D eigenvalue weighted by Crippen LogP contribution is -2.36. The number of carbonyl (C=O) groups is 3. The molecule has 1 saturated heterocycles. The molecule has 0 aliphatic carbocycles. The molecule has 0 bridgehead atoms. The lowest BCUT2D eigenvalue weighted by atomic mass is 10.1. The van der Waals surface area contributed by atoms with E-state index in [1.807, 2.05) is 13.8 Å². The van der Waals surface area contributed by atoms with Gasteiger partial charge in [0.25, 0.3) is 11.1 Å². The standard InChI is InChI=1S/C23H24N2O6S/c1-4-30-18-9-6-15(19(13-18)31-5-2)12-20-22(27)25(23(28)32-20)14-21(26)24-16-7-10-17(29-3)11-8-16/h6-13H,4-5,14H2,1-3H3,(H,24,26)/b20-12+. The molecule has 9 heteroatoms. The normalized spacial score (nSPS) is 14.6. The number of nitrogens with zero attached hydrogens (tertiary/aromatic N) is 1. The van der Waals surface area contributed by atoms with E-state index in [1.54, 1.807) is 55.7 Å². The predicted octanol–water partition coefficient (Wildman–Crippen LogP) is 4.17. The van der Waals surface area contributed by atoms with E-state index >= 15 is 0 Å². The van der Waals surface area contributed by atoms with E-state index < -0.39 is 17.1 Å². The van der Waals surface area contributed by atoms with E-state index in [9.17, 15) is 14.4 Å². The van der Waals surface area contributed by atoms with Gasteiger partial charge in [0.1, 0.15) is 23.8 Å². The number of carbonyl (C=O) groups excluding carboxylic acids is 3. The van der Waals surface area contributed by atoms with Crippen LogP contribution in [0.25, 0.3) is 6.08 Å². The fraction of sp³-hybridized carbons (Fsp3) is 0.261. The van der Waals surface area contributed by atoms with Crippen LogP contribution in [0.1, 0.15) is 19.4 Å². The Hall–Kier alpha value is -3.46. The van der Waals surface area contributed by atoms with E-state index in [0.29, 0.717) is 41.7 Å². The minimum Gasteiger partial charge on any atom is -0.497 e. The number of rotatable bonds is 9. The first kappa shape index (κ1) is 23.2. The van der Waals surface area contributed by atoms with E-state index in [0.717, 1.165) is 16.7 Å². The van der Waals surface area contributed by atoms with Gasteiger partial charge >= 0.3 is 0 Å². The summed E-state index contributed by atoms with van der Waals surface area (Å²) in [7, 11) is 1.55. The lowest BCUT2D eigenvalue weighted by Gasteiger charge is -2.13. The molecule has 32 heavy (non-hydrogen) atoms. The van der Waals surface area contributed by atoms with Crippen molar-refractivity contribution in [2.45, 2.75) is 13.8 Å². The predicted molar refractivity (Wildman–Crippen MR) is 123 cm³/mol. The molecule has 0 unspecified atom stereocenters. The maximum absolute atomic E-state index is 12.8. The molecule has 0 spiro atoms. The summed E-state index contributed by atoms with van der Waals surface area (Å²) in [5, 5.41) is 2.16. The minimum absolute atomic E-state index is 0.220. The van der Waals surface area contributed by atoms with E-state index in [1.165, 1.54) is 0 Å². The molecule has 0 aromatic heterocycles. The molecule has 0 radical (unpaired) electrons. The van der Waals surface area contributed by atoms with Crippen molar-refractivity contribution < 1.29 is 28.6 Å². The average Bonchev–Trinajstić information content (AvgIpc) is 3.03. The Labute approximate surface area is 190 Å². The zero-order valence-electron chi connectivity index (χ0n) is 18.0. The average molecular weight is 457 g/mol. The van der Waals surface area contributed by atoms with Gasteiger partial charge in [-0.05, 0) is 68.1 Å². The Balaban J connectivity index is 1.72. The van der Waals surface area contributed by atoms with Crippen LogP contribution in [-0.2, 0) is 9.59 Å². The van der Waals surface area contributed by atoms with Crippen LogP contribution in [0.3, 0.4) is 0 Å². The number of methoxy groups -OCH3 is 1. The summed E-state index contributed by atoms with van der Waals surface area (Å²) in [6.45, 7) is 4.31. The molecule has 1 aliphatic rings. The van der Waals surface area contributed by atoms with Gasteiger partial charge in [0.15, 0.2) is 0 Å². The lowest BCUT2D eigenvalue weighted by molar-refractivity contribution is -0.127. The van der Waals surface area contributed by atoms with Gasteiger partial charge in [-0.3, -0.25) is 19.3 Å². The van der Waals surface area contributed by atoms with Gasteiger partial charge in [0.05, 0.1) is 25.2 Å². The largest absolute Gasteiger partial charge is 0.497 e. The SMILES string of the molecule is CCOc1ccc(/C=C2/SC(=O)N(CC(=O)Nc3ccc(OC)cc3)C2=O)c(OCC)c1. The van der Waals surface area contributed by atoms with Crippen molar-refractivity contribution in [3.63, 3.8) is 0 Å². The van der Waals surface area contributed by atoms with Crippen molar-refractivity contribution in [1.82, 2.24) is 4.90 Å². The number of nitrogens with one attached hydrogen (secondary N) is 1. The van der Waals surface area contributed by atoms with E-state index in [4.69, 9.17) is 14.2 Å². The summed E-state index contributed by atoms with van der Waals surface area (Å²) in [6.07, 6.45) is 1.59. The number of hydrogen-bond donors (Lipinski definition) is 1. The third-order valence-electron chi connectivity index (χ3n) is 4.43. The van der Waals surface area contributed by atoms with Crippen molar-refractivity contribution in [3.05, 3.63) is 52.9 Å². The number of hydrogen-bond acceptors (Lipinski definition) is 7. The van der Waals surface area contributed by atoms with Crippen LogP contribution >= 0.6 is 11.8 Å². The monoisotopic (exact) mass is 456 g/mol. The summed E-state index contributed by atoms with van der Waals surface area (Å²) in [5.74, 6) is 0.842. The second-order valence-corrected chi connectivity index (χ2v) is 7.60. The number of imide groups is 1. The Kier molecular flexibility index (Phi) is 7.77. The molecule has 3 rings (SSSR count). The number of anilines is 1. The Morgan fingerprint density at radius 1 is 1.03 bits per heavy atom. The Morgan fingerprint density at radius 3 is 2.38 bits per heavy atom. The van der Waals surface area contributed by atoms with Crippen LogP contribution in [0.2, 0.25) is 0 Å². The molecule has 1 heterocycles. The maximum atomic E-state index is 12.8. The molecule has 3 amide bonds. The zero-order chi connectivity index (χ0) is 23.1. The highest BCUT2D eigenvalue weighted by atomic mass is 32.2. The summed E-state index contributed by atoms with van der Waals surface area (Å²) >= 11 is 0.786. The first-order valence-electron chi connectivity index (χ1n) is 10.0. The van der Waals surface area contributed by atoms with Gasteiger partial charge in [0.2, 0.25) is 5.91 Å². The molecule has 1 aliphatic heterocycles. The number of thioether (sulfide) groups is 1. The van der Waals surface area contributed by atoms with Crippen LogP contribution in [0.4, 0.5) is 10.5 Å². The van der Waals surface area contributed by atoms with Crippen molar-refractivity contribution in [1.29, 1.82) is 0 Å². The van der Waals surface area contributed by atoms with Crippen LogP contribution in [0.5, 0.6) is 17.2 Å². The van der Waals surface area contributed by atoms with E-state index in [2.05, 4.69) is 5.32 Å². The first-order chi connectivity index (χ1) is 15.4. The van der Waals surface area contributed by atoms with Gasteiger partial charge in [0, 0.05) is 17.3 Å². The van der Waals surface area contributed by atoms with Crippen LogP contribution in [0, 0.1) is 0 Å². The molecule has 1 fully saturated rings. The Morgan fingerprint density at radius 2 is 1.72 bits per heavy atom. The third-order valence-corrected chi connectivity index (χ3v) is 5.34.